The number of hydrogen-bond acceptors (Lipinski definition) is 6. The molecule has 1 atom stereocenters. The number of carbonyl (C=O) groups is 2. The Morgan fingerprint density at radius 3 is 2.76 bits per heavy atom. The van der Waals surface area contributed by atoms with Gasteiger partial charge in [0.25, 0.3) is 11.7 Å². The molecule has 0 saturated heterocycles. The molecule has 0 spiro atoms. The van der Waals surface area contributed by atoms with Gasteiger partial charge in [-0.15, -0.1) is 0 Å². The summed E-state index contributed by atoms with van der Waals surface area (Å²) in [6, 6.07) is 0. The van der Waals surface area contributed by atoms with Crippen LogP contribution in [-0.4, -0.2) is 53.8 Å². The lowest BCUT2D eigenvalue weighted by Crippen LogP contribution is -2.46. The van der Waals surface area contributed by atoms with Gasteiger partial charge in [0.05, 0.1) is 17.8 Å². The second-order valence-corrected chi connectivity index (χ2v) is 4.71. The molecule has 0 aliphatic rings. The molecule has 3 N–H and O–H groups in total. The lowest BCUT2D eigenvalue weighted by Gasteiger charge is -2.18. The minimum absolute atomic E-state index is 0.261. The van der Waals surface area contributed by atoms with Gasteiger partial charge >= 0.3 is 5.97 Å². The van der Waals surface area contributed by atoms with Gasteiger partial charge in [0.2, 0.25) is 0 Å². The number of nitrogens with zero attached hydrogens (tertiary/aromatic N) is 4. The van der Waals surface area contributed by atoms with E-state index in [0.29, 0.717) is 17.9 Å². The summed E-state index contributed by atoms with van der Waals surface area (Å²) in [5.41, 5.74) is -1.17. The van der Waals surface area contributed by atoms with Gasteiger partial charge in [0, 0.05) is 6.20 Å². The molecule has 2 heterocycles. The summed E-state index contributed by atoms with van der Waals surface area (Å²) in [5, 5.41) is 24.8. The van der Waals surface area contributed by atoms with Crippen molar-refractivity contribution in [2.75, 3.05) is 6.54 Å². The standard InChI is InChI=1S/C12H15N5O4/c1-3-8-7(4-13-11-15-6-16-17(8)11)9(18)14-5-12(2,21)10(19)20/h4,6,21H,3,5H2,1-2H3,(H,14,18)(H,19,20). The van der Waals surface area contributed by atoms with Crippen LogP contribution in [0.5, 0.6) is 0 Å². The summed E-state index contributed by atoms with van der Waals surface area (Å²) < 4.78 is 1.45. The monoisotopic (exact) mass is 293 g/mol. The van der Waals surface area contributed by atoms with Crippen LogP contribution >= 0.6 is 0 Å². The number of aliphatic carboxylic acids is 1. The average molecular weight is 293 g/mol. The number of aliphatic hydroxyl groups is 1. The molecule has 112 valence electrons. The molecule has 1 unspecified atom stereocenters. The van der Waals surface area contributed by atoms with Gasteiger partial charge in [-0.25, -0.2) is 14.3 Å². The smallest absolute Gasteiger partial charge is 0.337 e. The van der Waals surface area contributed by atoms with Gasteiger partial charge in [-0.2, -0.15) is 10.1 Å². The fourth-order valence-electron chi connectivity index (χ4n) is 1.78. The Morgan fingerprint density at radius 2 is 2.14 bits per heavy atom. The minimum atomic E-state index is -2.03. The Kier molecular flexibility index (Phi) is 3.85. The fraction of sp³-hybridized carbons (Fsp3) is 0.417. The summed E-state index contributed by atoms with van der Waals surface area (Å²) >= 11 is 0. The minimum Gasteiger partial charge on any atom is -0.479 e. The second kappa shape index (κ2) is 5.44. The van der Waals surface area contributed by atoms with Crippen LogP contribution in [0.2, 0.25) is 0 Å². The van der Waals surface area contributed by atoms with Crippen LogP contribution in [0.15, 0.2) is 12.5 Å². The zero-order chi connectivity index (χ0) is 15.6. The van der Waals surface area contributed by atoms with E-state index >= 15 is 0 Å². The Bertz CT molecular complexity index is 694. The normalized spacial score (nSPS) is 13.9. The predicted molar refractivity (Wildman–Crippen MR) is 70.8 cm³/mol. The van der Waals surface area contributed by atoms with Crippen molar-refractivity contribution in [2.24, 2.45) is 0 Å². The number of aromatic nitrogens is 4. The molecule has 0 aliphatic carbocycles. The maximum absolute atomic E-state index is 12.1. The Balaban J connectivity index is 2.25. The van der Waals surface area contributed by atoms with E-state index in [0.717, 1.165) is 6.92 Å². The van der Waals surface area contributed by atoms with E-state index in [4.69, 9.17) is 5.11 Å². The van der Waals surface area contributed by atoms with Gasteiger partial charge < -0.3 is 15.5 Å². The van der Waals surface area contributed by atoms with Crippen LogP contribution < -0.4 is 5.32 Å². The topological polar surface area (TPSA) is 130 Å². The number of carboxylic acid groups (broad SMARTS) is 1. The molecule has 0 aliphatic heterocycles. The first-order chi connectivity index (χ1) is 9.86. The largest absolute Gasteiger partial charge is 0.479 e. The molecule has 2 aromatic heterocycles. The van der Waals surface area contributed by atoms with Gasteiger partial charge in [-0.05, 0) is 13.3 Å². The lowest BCUT2D eigenvalue weighted by molar-refractivity contribution is -0.155. The number of nitrogens with one attached hydrogen (secondary N) is 1. The summed E-state index contributed by atoms with van der Waals surface area (Å²) in [5.74, 6) is -1.57. The van der Waals surface area contributed by atoms with E-state index in [2.05, 4.69) is 20.4 Å². The molecule has 0 saturated carbocycles. The van der Waals surface area contributed by atoms with Gasteiger partial charge in [-0.3, -0.25) is 4.79 Å². The maximum Gasteiger partial charge on any atom is 0.337 e. The van der Waals surface area contributed by atoms with Crippen molar-refractivity contribution in [3.63, 3.8) is 0 Å². The van der Waals surface area contributed by atoms with Crippen LogP contribution in [0.4, 0.5) is 0 Å². The second-order valence-electron chi connectivity index (χ2n) is 4.71. The number of hydrogen-bond donors (Lipinski definition) is 3. The van der Waals surface area contributed by atoms with Crippen LogP contribution in [0.1, 0.15) is 29.9 Å². The molecule has 9 heteroatoms. The molecule has 2 rings (SSSR count). The molecule has 0 aromatic carbocycles. The molecular formula is C12H15N5O4. The number of aryl methyl sites for hydroxylation is 1. The Morgan fingerprint density at radius 1 is 1.43 bits per heavy atom. The highest BCUT2D eigenvalue weighted by Crippen LogP contribution is 2.10. The van der Waals surface area contributed by atoms with Crippen molar-refractivity contribution in [1.29, 1.82) is 0 Å². The molecule has 2 aromatic rings. The lowest BCUT2D eigenvalue weighted by atomic mass is 10.1. The first-order valence-electron chi connectivity index (χ1n) is 6.28. The zero-order valence-electron chi connectivity index (χ0n) is 11.6. The van der Waals surface area contributed by atoms with Crippen LogP contribution in [0.25, 0.3) is 5.78 Å². The average Bonchev–Trinajstić information content (AvgIpc) is 2.91. The third-order valence-corrected chi connectivity index (χ3v) is 3.04. The molecule has 21 heavy (non-hydrogen) atoms. The zero-order valence-corrected chi connectivity index (χ0v) is 11.6. The molecule has 1 amide bonds. The molecule has 0 fully saturated rings. The number of amides is 1. The van der Waals surface area contributed by atoms with Crippen molar-refractivity contribution in [2.45, 2.75) is 25.9 Å². The summed E-state index contributed by atoms with van der Waals surface area (Å²) in [6.07, 6.45) is 3.20. The third kappa shape index (κ3) is 2.82. The van der Waals surface area contributed by atoms with Crippen molar-refractivity contribution in [1.82, 2.24) is 24.9 Å². The summed E-state index contributed by atoms with van der Waals surface area (Å²) in [7, 11) is 0. The summed E-state index contributed by atoms with van der Waals surface area (Å²) in [4.78, 5) is 30.9. The number of fused-ring (bicyclic) bond motifs is 1. The fourth-order valence-corrected chi connectivity index (χ4v) is 1.78. The van der Waals surface area contributed by atoms with Gasteiger partial charge in [-0.1, -0.05) is 6.92 Å². The Hall–Kier alpha value is -2.55. The van der Waals surface area contributed by atoms with Crippen molar-refractivity contribution in [3.8, 4) is 0 Å². The highest BCUT2D eigenvalue weighted by molar-refractivity contribution is 5.95. The van der Waals surface area contributed by atoms with E-state index in [1.165, 1.54) is 17.0 Å². The van der Waals surface area contributed by atoms with Crippen molar-refractivity contribution >= 4 is 17.7 Å². The first kappa shape index (κ1) is 14.9. The van der Waals surface area contributed by atoms with E-state index in [1.54, 1.807) is 0 Å². The van der Waals surface area contributed by atoms with E-state index < -0.39 is 24.0 Å². The maximum atomic E-state index is 12.1. The molecule has 0 radical (unpaired) electrons. The summed E-state index contributed by atoms with van der Waals surface area (Å²) in [6.45, 7) is 2.54. The van der Waals surface area contributed by atoms with E-state index in [1.807, 2.05) is 6.92 Å². The highest BCUT2D eigenvalue weighted by Gasteiger charge is 2.30. The quantitative estimate of drug-likeness (QED) is 0.661. The highest BCUT2D eigenvalue weighted by atomic mass is 16.4. The number of rotatable bonds is 5. The van der Waals surface area contributed by atoms with Crippen molar-refractivity contribution < 1.29 is 19.8 Å². The SMILES string of the molecule is CCc1c(C(=O)NCC(C)(O)C(=O)O)cnc2ncnn12. The third-order valence-electron chi connectivity index (χ3n) is 3.04. The van der Waals surface area contributed by atoms with Crippen LogP contribution in [0.3, 0.4) is 0 Å². The predicted octanol–water partition coefficient (Wildman–Crippen LogP) is -0.748. The number of carbonyl (C=O) groups excluding carboxylic acids is 1. The first-order valence-corrected chi connectivity index (χ1v) is 6.28. The van der Waals surface area contributed by atoms with E-state index in [-0.39, 0.29) is 5.56 Å². The van der Waals surface area contributed by atoms with Gasteiger partial charge in [0.1, 0.15) is 6.33 Å². The van der Waals surface area contributed by atoms with Crippen LogP contribution in [0, 0.1) is 0 Å². The van der Waals surface area contributed by atoms with Crippen LogP contribution in [-0.2, 0) is 11.2 Å². The molecular weight excluding hydrogens is 278 g/mol. The Labute approximate surface area is 119 Å². The van der Waals surface area contributed by atoms with Crippen molar-refractivity contribution in [3.05, 3.63) is 23.8 Å². The number of carboxylic acids is 1. The van der Waals surface area contributed by atoms with E-state index in [9.17, 15) is 14.7 Å². The van der Waals surface area contributed by atoms with Gasteiger partial charge in [0.15, 0.2) is 5.60 Å². The molecule has 9 nitrogen and oxygen atoms in total. The molecule has 0 bridgehead atoms.